The molecule has 182 valence electrons. The van der Waals surface area contributed by atoms with Crippen LogP contribution in [0.3, 0.4) is 0 Å². The Bertz CT molecular complexity index is 1280. The minimum atomic E-state index is -4.95. The Kier molecular flexibility index (Phi) is 6.49. The van der Waals surface area contributed by atoms with Gasteiger partial charge >= 0.3 is 12.2 Å². The molecule has 1 fully saturated rings. The molecule has 35 heavy (non-hydrogen) atoms. The fourth-order valence-corrected chi connectivity index (χ4v) is 2.97. The van der Waals surface area contributed by atoms with Crippen molar-refractivity contribution < 1.29 is 36.3 Å². The van der Waals surface area contributed by atoms with E-state index in [1.165, 1.54) is 12.1 Å². The second-order valence-corrected chi connectivity index (χ2v) is 7.55. The SMILES string of the molecule is O=C(Nc1cc(F)cc(Oc2cc(NC(=O)C3CC3)ncn2)c1)Nc1ccc(F)c(C(F)(F)F)c1. The van der Waals surface area contributed by atoms with Gasteiger partial charge in [0.05, 0.1) is 5.56 Å². The lowest BCUT2D eigenvalue weighted by molar-refractivity contribution is -0.139. The number of rotatable bonds is 6. The van der Waals surface area contributed by atoms with Gasteiger partial charge in [0.25, 0.3) is 0 Å². The van der Waals surface area contributed by atoms with Crippen molar-refractivity contribution in [2.24, 2.45) is 5.92 Å². The maximum atomic E-state index is 14.1. The number of aromatic nitrogens is 2. The van der Waals surface area contributed by atoms with E-state index in [-0.39, 0.29) is 40.6 Å². The van der Waals surface area contributed by atoms with Gasteiger partial charge in [-0.25, -0.2) is 23.5 Å². The fraction of sp³-hybridized carbons (Fsp3) is 0.182. The molecule has 13 heteroatoms. The summed E-state index contributed by atoms with van der Waals surface area (Å²) in [5.74, 6) is -2.41. The summed E-state index contributed by atoms with van der Waals surface area (Å²) in [6, 6.07) is 5.45. The maximum absolute atomic E-state index is 14.1. The minimum absolute atomic E-state index is 0.0157. The molecule has 0 saturated heterocycles. The number of nitrogens with one attached hydrogen (secondary N) is 3. The molecule has 0 aliphatic heterocycles. The Morgan fingerprint density at radius 3 is 2.37 bits per heavy atom. The van der Waals surface area contributed by atoms with Crippen LogP contribution in [0, 0.1) is 17.6 Å². The van der Waals surface area contributed by atoms with Crippen molar-refractivity contribution in [1.29, 1.82) is 0 Å². The van der Waals surface area contributed by atoms with Crippen LogP contribution in [-0.4, -0.2) is 21.9 Å². The highest BCUT2D eigenvalue weighted by atomic mass is 19.4. The van der Waals surface area contributed by atoms with Gasteiger partial charge in [-0.05, 0) is 37.1 Å². The summed E-state index contributed by atoms with van der Waals surface area (Å²) in [7, 11) is 0. The van der Waals surface area contributed by atoms with Gasteiger partial charge in [0.1, 0.15) is 29.5 Å². The lowest BCUT2D eigenvalue weighted by atomic mass is 10.2. The van der Waals surface area contributed by atoms with Gasteiger partial charge < -0.3 is 20.7 Å². The molecule has 3 aromatic rings. The highest BCUT2D eigenvalue weighted by Crippen LogP contribution is 2.33. The quantitative estimate of drug-likeness (QED) is 0.390. The predicted molar refractivity (Wildman–Crippen MR) is 114 cm³/mol. The zero-order chi connectivity index (χ0) is 25.2. The number of ether oxygens (including phenoxy) is 1. The minimum Gasteiger partial charge on any atom is -0.439 e. The zero-order valence-electron chi connectivity index (χ0n) is 17.6. The second-order valence-electron chi connectivity index (χ2n) is 7.55. The maximum Gasteiger partial charge on any atom is 0.419 e. The normalized spacial score (nSPS) is 13.2. The number of carbonyl (C=O) groups is 2. The van der Waals surface area contributed by atoms with Gasteiger partial charge in [0, 0.05) is 35.5 Å². The van der Waals surface area contributed by atoms with Crippen molar-refractivity contribution >= 4 is 29.1 Å². The summed E-state index contributed by atoms with van der Waals surface area (Å²) >= 11 is 0. The average molecular weight is 493 g/mol. The number of hydrogen-bond donors (Lipinski definition) is 3. The van der Waals surface area contributed by atoms with Crippen molar-refractivity contribution in [3.63, 3.8) is 0 Å². The molecule has 1 aromatic heterocycles. The molecule has 1 aliphatic rings. The number of benzene rings is 2. The third-order valence-electron chi connectivity index (χ3n) is 4.72. The number of hydrogen-bond acceptors (Lipinski definition) is 5. The van der Waals surface area contributed by atoms with Crippen LogP contribution in [0.2, 0.25) is 0 Å². The lowest BCUT2D eigenvalue weighted by Gasteiger charge is -2.12. The van der Waals surface area contributed by atoms with E-state index in [9.17, 15) is 31.5 Å². The Balaban J connectivity index is 1.43. The average Bonchev–Trinajstić information content (AvgIpc) is 3.59. The summed E-state index contributed by atoms with van der Waals surface area (Å²) < 4.78 is 71.5. The van der Waals surface area contributed by atoms with Crippen molar-refractivity contribution in [3.8, 4) is 11.6 Å². The Morgan fingerprint density at radius 1 is 0.914 bits per heavy atom. The molecule has 1 saturated carbocycles. The van der Waals surface area contributed by atoms with E-state index in [0.717, 1.165) is 37.4 Å². The van der Waals surface area contributed by atoms with Gasteiger partial charge in [-0.3, -0.25) is 4.79 Å². The molecule has 0 spiro atoms. The lowest BCUT2D eigenvalue weighted by Crippen LogP contribution is -2.20. The summed E-state index contributed by atoms with van der Waals surface area (Å²) in [5.41, 5.74) is -1.97. The van der Waals surface area contributed by atoms with Crippen LogP contribution in [-0.2, 0) is 11.0 Å². The third kappa shape index (κ3) is 6.40. The van der Waals surface area contributed by atoms with E-state index < -0.39 is 29.4 Å². The van der Waals surface area contributed by atoms with Gasteiger partial charge in [-0.15, -0.1) is 0 Å². The largest absolute Gasteiger partial charge is 0.439 e. The van der Waals surface area contributed by atoms with Crippen LogP contribution in [0.1, 0.15) is 18.4 Å². The summed E-state index contributed by atoms with van der Waals surface area (Å²) in [6.45, 7) is 0. The smallest absolute Gasteiger partial charge is 0.419 e. The zero-order valence-corrected chi connectivity index (χ0v) is 17.6. The van der Waals surface area contributed by atoms with Gasteiger partial charge in [0.15, 0.2) is 0 Å². The summed E-state index contributed by atoms with van der Waals surface area (Å²) in [4.78, 5) is 31.9. The van der Waals surface area contributed by atoms with Gasteiger partial charge in [-0.1, -0.05) is 0 Å². The van der Waals surface area contributed by atoms with Crippen molar-refractivity contribution in [1.82, 2.24) is 9.97 Å². The molecule has 0 atom stereocenters. The van der Waals surface area contributed by atoms with E-state index in [0.29, 0.717) is 12.1 Å². The summed E-state index contributed by atoms with van der Waals surface area (Å²) in [6.07, 6.45) is -2.20. The fourth-order valence-electron chi connectivity index (χ4n) is 2.97. The Hall–Kier alpha value is -4.29. The molecule has 0 unspecified atom stereocenters. The van der Waals surface area contributed by atoms with Crippen molar-refractivity contribution in [2.45, 2.75) is 19.0 Å². The molecule has 1 heterocycles. The van der Waals surface area contributed by atoms with E-state index in [1.807, 2.05) is 0 Å². The first-order chi connectivity index (χ1) is 16.6. The number of nitrogens with zero attached hydrogens (tertiary/aromatic N) is 2. The highest BCUT2D eigenvalue weighted by molar-refractivity contribution is 6.00. The molecular formula is C22H16F5N5O3. The molecule has 1 aliphatic carbocycles. The van der Waals surface area contributed by atoms with E-state index in [2.05, 4.69) is 25.9 Å². The summed E-state index contributed by atoms with van der Waals surface area (Å²) in [5, 5.41) is 6.99. The molecule has 2 aromatic carbocycles. The number of halogens is 5. The number of carbonyl (C=O) groups excluding carboxylic acids is 2. The first-order valence-electron chi connectivity index (χ1n) is 10.1. The molecule has 4 rings (SSSR count). The molecule has 0 radical (unpaired) electrons. The first-order valence-corrected chi connectivity index (χ1v) is 10.1. The van der Waals surface area contributed by atoms with Crippen LogP contribution in [0.25, 0.3) is 0 Å². The number of alkyl halides is 3. The first kappa shape index (κ1) is 23.9. The van der Waals surface area contributed by atoms with E-state index in [4.69, 9.17) is 4.74 Å². The van der Waals surface area contributed by atoms with Crippen LogP contribution in [0.5, 0.6) is 11.6 Å². The molecular weight excluding hydrogens is 477 g/mol. The van der Waals surface area contributed by atoms with E-state index >= 15 is 0 Å². The van der Waals surface area contributed by atoms with Crippen molar-refractivity contribution in [2.75, 3.05) is 16.0 Å². The van der Waals surface area contributed by atoms with Crippen LogP contribution < -0.4 is 20.7 Å². The third-order valence-corrected chi connectivity index (χ3v) is 4.72. The number of urea groups is 1. The van der Waals surface area contributed by atoms with Crippen LogP contribution in [0.4, 0.5) is 43.9 Å². The molecule has 3 amide bonds. The van der Waals surface area contributed by atoms with Gasteiger partial charge in [-0.2, -0.15) is 13.2 Å². The highest BCUT2D eigenvalue weighted by Gasteiger charge is 2.34. The molecule has 8 nitrogen and oxygen atoms in total. The van der Waals surface area contributed by atoms with Gasteiger partial charge in [0.2, 0.25) is 11.8 Å². The van der Waals surface area contributed by atoms with Crippen molar-refractivity contribution in [3.05, 3.63) is 66.0 Å². The van der Waals surface area contributed by atoms with E-state index in [1.54, 1.807) is 0 Å². The predicted octanol–water partition coefficient (Wildman–Crippen LogP) is 5.56. The van der Waals surface area contributed by atoms with Crippen LogP contribution in [0.15, 0.2) is 48.8 Å². The Labute approximate surface area is 194 Å². The number of anilines is 3. The molecule has 3 N–H and O–H groups in total. The monoisotopic (exact) mass is 493 g/mol. The Morgan fingerprint density at radius 2 is 1.66 bits per heavy atom. The second kappa shape index (κ2) is 9.52. The molecule has 0 bridgehead atoms. The van der Waals surface area contributed by atoms with Crippen LogP contribution >= 0.6 is 0 Å². The topological polar surface area (TPSA) is 105 Å². The standard InChI is InChI=1S/C22H16F5N5O3/c23-12-5-14(31-21(34)30-13-3-4-17(24)16(8-13)22(25,26)27)7-15(6-12)35-19-9-18(28-10-29-19)32-20(33)11-1-2-11/h3-11H,1-2H2,(H2,30,31,34)(H,28,29,32,33). The number of amides is 3.